The molecule has 1 heterocycles. The van der Waals surface area contributed by atoms with Crippen LogP contribution in [0, 0.1) is 0 Å². The van der Waals surface area contributed by atoms with Gasteiger partial charge in [0, 0.05) is 12.6 Å². The summed E-state index contributed by atoms with van der Waals surface area (Å²) >= 11 is 0. The molecule has 0 unspecified atom stereocenters. The summed E-state index contributed by atoms with van der Waals surface area (Å²) in [5, 5.41) is 8.49. The summed E-state index contributed by atoms with van der Waals surface area (Å²) in [6.45, 7) is 1.52. The van der Waals surface area contributed by atoms with Crippen LogP contribution < -0.4 is 0 Å². The van der Waals surface area contributed by atoms with Crippen molar-refractivity contribution in [2.45, 2.75) is 18.4 Å². The molecule has 26 heavy (non-hydrogen) atoms. The molecule has 0 aliphatic rings. The summed E-state index contributed by atoms with van der Waals surface area (Å²) in [6.07, 6.45) is 1.54. The standard InChI is InChI=1S/C18H18N4O3S/c1-14(23)15-8-10-18(11-9-15)26(24,25)21(2)13-16-12-19-22(20-16)17-6-4-3-5-7-17/h3-12H,13H2,1-2H3. The summed E-state index contributed by atoms with van der Waals surface area (Å²) in [6, 6.07) is 15.3. The van der Waals surface area contributed by atoms with E-state index in [0.717, 1.165) is 5.69 Å². The number of nitrogens with zero attached hydrogens (tertiary/aromatic N) is 4. The summed E-state index contributed by atoms with van der Waals surface area (Å²) in [5.41, 5.74) is 1.79. The fourth-order valence-corrected chi connectivity index (χ4v) is 3.55. The second-order valence-corrected chi connectivity index (χ2v) is 7.85. The Balaban J connectivity index is 1.77. The van der Waals surface area contributed by atoms with Gasteiger partial charge in [-0.05, 0) is 31.2 Å². The van der Waals surface area contributed by atoms with Gasteiger partial charge in [-0.2, -0.15) is 19.3 Å². The highest BCUT2D eigenvalue weighted by atomic mass is 32.2. The molecule has 8 heteroatoms. The van der Waals surface area contributed by atoms with Crippen molar-refractivity contribution < 1.29 is 13.2 Å². The summed E-state index contributed by atoms with van der Waals surface area (Å²) in [4.78, 5) is 12.9. The first kappa shape index (κ1) is 18.0. The van der Waals surface area contributed by atoms with Gasteiger partial charge in [-0.15, -0.1) is 0 Å². The lowest BCUT2D eigenvalue weighted by molar-refractivity contribution is 0.101. The molecule has 0 aliphatic carbocycles. The van der Waals surface area contributed by atoms with E-state index in [0.29, 0.717) is 11.3 Å². The predicted octanol–water partition coefficient (Wildman–Crippen LogP) is 2.29. The first-order chi connectivity index (χ1) is 12.4. The number of carbonyl (C=O) groups excluding carboxylic acids is 1. The SMILES string of the molecule is CC(=O)c1ccc(S(=O)(=O)N(C)Cc2cnn(-c3ccccc3)n2)cc1. The van der Waals surface area contributed by atoms with Gasteiger partial charge in [0.25, 0.3) is 0 Å². The molecule has 3 aromatic rings. The van der Waals surface area contributed by atoms with E-state index in [4.69, 9.17) is 0 Å². The molecular formula is C18H18N4O3S. The largest absolute Gasteiger partial charge is 0.295 e. The average Bonchev–Trinajstić information content (AvgIpc) is 3.11. The topological polar surface area (TPSA) is 85.2 Å². The molecule has 0 radical (unpaired) electrons. The predicted molar refractivity (Wildman–Crippen MR) is 96.5 cm³/mol. The van der Waals surface area contributed by atoms with Crippen LogP contribution in [0.15, 0.2) is 65.7 Å². The Morgan fingerprint density at radius 1 is 1.08 bits per heavy atom. The smallest absolute Gasteiger partial charge is 0.243 e. The van der Waals surface area contributed by atoms with E-state index in [9.17, 15) is 13.2 Å². The summed E-state index contributed by atoms with van der Waals surface area (Å²) in [7, 11) is -2.21. The van der Waals surface area contributed by atoms with Crippen LogP contribution in [-0.4, -0.2) is 40.5 Å². The van der Waals surface area contributed by atoms with Crippen LogP contribution in [0.1, 0.15) is 23.0 Å². The van der Waals surface area contributed by atoms with Crippen LogP contribution in [0.5, 0.6) is 0 Å². The van der Waals surface area contributed by atoms with Crippen LogP contribution in [0.4, 0.5) is 0 Å². The highest BCUT2D eigenvalue weighted by Gasteiger charge is 2.22. The zero-order valence-electron chi connectivity index (χ0n) is 14.4. The molecule has 134 valence electrons. The number of aromatic nitrogens is 3. The van der Waals surface area contributed by atoms with E-state index in [-0.39, 0.29) is 17.2 Å². The highest BCUT2D eigenvalue weighted by molar-refractivity contribution is 7.89. The number of ketones is 1. The molecule has 0 spiro atoms. The molecular weight excluding hydrogens is 352 g/mol. The summed E-state index contributed by atoms with van der Waals surface area (Å²) in [5.74, 6) is -0.111. The minimum Gasteiger partial charge on any atom is -0.295 e. The minimum absolute atomic E-state index is 0.0869. The fourth-order valence-electron chi connectivity index (χ4n) is 2.41. The Labute approximate surface area is 151 Å². The van der Waals surface area contributed by atoms with Crippen molar-refractivity contribution in [3.63, 3.8) is 0 Å². The maximum atomic E-state index is 12.7. The van der Waals surface area contributed by atoms with Gasteiger partial charge in [0.2, 0.25) is 10.0 Å². The second-order valence-electron chi connectivity index (χ2n) is 5.80. The van der Waals surface area contributed by atoms with Crippen molar-refractivity contribution in [2.75, 3.05) is 7.05 Å². The molecule has 0 saturated heterocycles. The number of rotatable bonds is 6. The van der Waals surface area contributed by atoms with Crippen LogP contribution in [0.2, 0.25) is 0 Å². The molecule has 0 saturated carbocycles. The third kappa shape index (κ3) is 3.71. The van der Waals surface area contributed by atoms with E-state index in [1.165, 1.54) is 53.5 Å². The minimum atomic E-state index is -3.69. The van der Waals surface area contributed by atoms with Crippen LogP contribution in [0.25, 0.3) is 5.69 Å². The lowest BCUT2D eigenvalue weighted by Gasteiger charge is -2.16. The van der Waals surface area contributed by atoms with Gasteiger partial charge >= 0.3 is 0 Å². The van der Waals surface area contributed by atoms with Gasteiger partial charge < -0.3 is 0 Å². The van der Waals surface area contributed by atoms with Crippen molar-refractivity contribution in [1.82, 2.24) is 19.3 Å². The van der Waals surface area contributed by atoms with Crippen molar-refractivity contribution in [3.05, 3.63) is 72.1 Å². The number of hydrogen-bond donors (Lipinski definition) is 0. The zero-order chi connectivity index (χ0) is 18.7. The van der Waals surface area contributed by atoms with Crippen molar-refractivity contribution in [1.29, 1.82) is 0 Å². The fraction of sp³-hybridized carbons (Fsp3) is 0.167. The molecule has 0 fully saturated rings. The van der Waals surface area contributed by atoms with Crippen LogP contribution in [-0.2, 0) is 16.6 Å². The third-order valence-corrected chi connectivity index (χ3v) is 5.70. The average molecular weight is 370 g/mol. The normalized spacial score (nSPS) is 11.7. The molecule has 0 amide bonds. The number of Topliss-reactive ketones (excluding diaryl/α,β-unsaturated/α-hetero) is 1. The van der Waals surface area contributed by atoms with Gasteiger partial charge in [-0.1, -0.05) is 30.3 Å². The van der Waals surface area contributed by atoms with Crippen LogP contribution >= 0.6 is 0 Å². The number of hydrogen-bond acceptors (Lipinski definition) is 5. The quantitative estimate of drug-likeness (QED) is 0.622. The van der Waals surface area contributed by atoms with Gasteiger partial charge in [-0.3, -0.25) is 4.79 Å². The Kier molecular flexibility index (Phi) is 4.97. The van der Waals surface area contributed by atoms with Gasteiger partial charge in [-0.25, -0.2) is 8.42 Å². The Morgan fingerprint density at radius 3 is 2.35 bits per heavy atom. The van der Waals surface area contributed by atoms with Gasteiger partial charge in [0.15, 0.2) is 5.78 Å². The Hall–Kier alpha value is -2.84. The highest BCUT2D eigenvalue weighted by Crippen LogP contribution is 2.17. The maximum absolute atomic E-state index is 12.7. The lowest BCUT2D eigenvalue weighted by Crippen LogP contribution is -2.26. The first-order valence-corrected chi connectivity index (χ1v) is 9.36. The van der Waals surface area contributed by atoms with Crippen LogP contribution in [0.3, 0.4) is 0 Å². The van der Waals surface area contributed by atoms with Crippen molar-refractivity contribution in [2.24, 2.45) is 0 Å². The van der Waals surface area contributed by atoms with E-state index in [1.807, 2.05) is 30.3 Å². The molecule has 0 aliphatic heterocycles. The molecule has 0 bridgehead atoms. The van der Waals surface area contributed by atoms with E-state index in [2.05, 4.69) is 10.2 Å². The molecule has 0 atom stereocenters. The molecule has 2 aromatic carbocycles. The second kappa shape index (κ2) is 7.19. The molecule has 7 nitrogen and oxygen atoms in total. The molecule has 3 rings (SSSR count). The zero-order valence-corrected chi connectivity index (χ0v) is 15.2. The Morgan fingerprint density at radius 2 is 1.73 bits per heavy atom. The number of benzene rings is 2. The molecule has 0 N–H and O–H groups in total. The monoisotopic (exact) mass is 370 g/mol. The summed E-state index contributed by atoms with van der Waals surface area (Å²) < 4.78 is 26.6. The number of sulfonamides is 1. The van der Waals surface area contributed by atoms with Gasteiger partial charge in [0.05, 0.1) is 29.0 Å². The van der Waals surface area contributed by atoms with E-state index < -0.39 is 10.0 Å². The molecule has 1 aromatic heterocycles. The lowest BCUT2D eigenvalue weighted by atomic mass is 10.2. The van der Waals surface area contributed by atoms with Crippen molar-refractivity contribution >= 4 is 15.8 Å². The van der Waals surface area contributed by atoms with E-state index >= 15 is 0 Å². The third-order valence-electron chi connectivity index (χ3n) is 3.88. The van der Waals surface area contributed by atoms with Crippen molar-refractivity contribution in [3.8, 4) is 5.69 Å². The first-order valence-electron chi connectivity index (χ1n) is 7.92. The number of para-hydroxylation sites is 1. The maximum Gasteiger partial charge on any atom is 0.243 e. The van der Waals surface area contributed by atoms with E-state index in [1.54, 1.807) is 0 Å². The number of carbonyl (C=O) groups is 1. The Bertz CT molecular complexity index is 1010. The van der Waals surface area contributed by atoms with Gasteiger partial charge in [0.1, 0.15) is 0 Å².